The van der Waals surface area contributed by atoms with Crippen molar-refractivity contribution in [2.24, 2.45) is 0 Å². The summed E-state index contributed by atoms with van der Waals surface area (Å²) in [7, 11) is 1.64. The molecule has 0 atom stereocenters. The van der Waals surface area contributed by atoms with Gasteiger partial charge in [0, 0.05) is 18.3 Å². The highest BCUT2D eigenvalue weighted by molar-refractivity contribution is 6.04. The van der Waals surface area contributed by atoms with Crippen LogP contribution >= 0.6 is 0 Å². The van der Waals surface area contributed by atoms with Crippen molar-refractivity contribution in [3.05, 3.63) is 79.0 Å². The third-order valence-corrected chi connectivity index (χ3v) is 3.78. The van der Waals surface area contributed by atoms with Crippen LogP contribution in [0.25, 0.3) is 5.69 Å². The van der Waals surface area contributed by atoms with Gasteiger partial charge in [-0.3, -0.25) is 9.59 Å². The van der Waals surface area contributed by atoms with Crippen LogP contribution in [0.4, 0.5) is 11.5 Å². The molecule has 7 nitrogen and oxygen atoms in total. The standard InChI is InChI=1S/C19H17N5O2/c1-3-18(25)23(2)15-11-9-14(10-12-15)19(26)20-17-13-24(22-21-17)16-7-5-4-6-8-16/h3-13H,1H2,2H3,(H,20,26). The van der Waals surface area contributed by atoms with E-state index in [1.54, 1.807) is 42.2 Å². The molecule has 3 rings (SSSR count). The Labute approximate surface area is 150 Å². The third-order valence-electron chi connectivity index (χ3n) is 3.78. The van der Waals surface area contributed by atoms with Crippen LogP contribution in [-0.2, 0) is 4.79 Å². The van der Waals surface area contributed by atoms with E-state index in [0.29, 0.717) is 17.1 Å². The smallest absolute Gasteiger partial charge is 0.256 e. The average molecular weight is 347 g/mol. The largest absolute Gasteiger partial charge is 0.312 e. The van der Waals surface area contributed by atoms with E-state index in [4.69, 9.17) is 0 Å². The van der Waals surface area contributed by atoms with Crippen LogP contribution in [0.2, 0.25) is 0 Å². The Bertz CT molecular complexity index is 932. The van der Waals surface area contributed by atoms with E-state index in [0.717, 1.165) is 5.69 Å². The van der Waals surface area contributed by atoms with Gasteiger partial charge < -0.3 is 10.2 Å². The number of hydrogen-bond donors (Lipinski definition) is 1. The van der Waals surface area contributed by atoms with Crippen molar-refractivity contribution in [2.45, 2.75) is 0 Å². The average Bonchev–Trinajstić information content (AvgIpc) is 3.16. The molecule has 1 heterocycles. The molecule has 0 fully saturated rings. The van der Waals surface area contributed by atoms with Gasteiger partial charge in [-0.2, -0.15) is 0 Å². The molecular formula is C19H17N5O2. The van der Waals surface area contributed by atoms with Crippen LogP contribution in [0.15, 0.2) is 73.4 Å². The van der Waals surface area contributed by atoms with Gasteiger partial charge in [0.05, 0.1) is 11.9 Å². The van der Waals surface area contributed by atoms with Crippen molar-refractivity contribution in [3.8, 4) is 5.69 Å². The molecule has 2 amide bonds. The molecule has 0 radical (unpaired) electrons. The molecule has 0 saturated heterocycles. The molecule has 0 bridgehead atoms. The minimum Gasteiger partial charge on any atom is -0.312 e. The van der Waals surface area contributed by atoms with E-state index in [1.165, 1.54) is 11.0 Å². The SMILES string of the molecule is C=CC(=O)N(C)c1ccc(C(=O)Nc2cn(-c3ccccc3)nn2)cc1. The van der Waals surface area contributed by atoms with Gasteiger partial charge >= 0.3 is 0 Å². The lowest BCUT2D eigenvalue weighted by Crippen LogP contribution is -2.23. The number of anilines is 2. The Kier molecular flexibility index (Phi) is 4.89. The molecule has 7 heteroatoms. The molecule has 2 aromatic carbocycles. The van der Waals surface area contributed by atoms with Gasteiger partial charge in [-0.25, -0.2) is 4.68 Å². The van der Waals surface area contributed by atoms with Crippen LogP contribution in [-0.4, -0.2) is 33.9 Å². The summed E-state index contributed by atoms with van der Waals surface area (Å²) >= 11 is 0. The zero-order valence-electron chi connectivity index (χ0n) is 14.2. The molecule has 0 aliphatic heterocycles. The van der Waals surface area contributed by atoms with Crippen molar-refractivity contribution in [1.82, 2.24) is 15.0 Å². The van der Waals surface area contributed by atoms with E-state index in [-0.39, 0.29) is 11.8 Å². The second kappa shape index (κ2) is 7.43. The van der Waals surface area contributed by atoms with Crippen LogP contribution in [0.3, 0.4) is 0 Å². The van der Waals surface area contributed by atoms with Gasteiger partial charge in [0.2, 0.25) is 5.91 Å². The maximum atomic E-state index is 12.3. The summed E-state index contributed by atoms with van der Waals surface area (Å²) in [5.74, 6) is -0.184. The van der Waals surface area contributed by atoms with Gasteiger partial charge in [0.1, 0.15) is 0 Å². The molecule has 0 spiro atoms. The lowest BCUT2D eigenvalue weighted by atomic mass is 10.2. The Morgan fingerprint density at radius 2 is 1.81 bits per heavy atom. The lowest BCUT2D eigenvalue weighted by Gasteiger charge is -2.15. The van der Waals surface area contributed by atoms with Crippen molar-refractivity contribution in [1.29, 1.82) is 0 Å². The normalized spacial score (nSPS) is 10.2. The summed E-state index contributed by atoms with van der Waals surface area (Å²) in [5, 5.41) is 10.7. The fourth-order valence-corrected chi connectivity index (χ4v) is 2.32. The number of amides is 2. The molecular weight excluding hydrogens is 330 g/mol. The first kappa shape index (κ1) is 17.1. The maximum Gasteiger partial charge on any atom is 0.256 e. The van der Waals surface area contributed by atoms with E-state index in [9.17, 15) is 9.59 Å². The number of para-hydroxylation sites is 1. The van der Waals surface area contributed by atoms with Crippen LogP contribution < -0.4 is 10.2 Å². The second-order valence-electron chi connectivity index (χ2n) is 5.49. The predicted octanol–water partition coefficient (Wildman–Crippen LogP) is 2.67. The molecule has 1 aromatic heterocycles. The van der Waals surface area contributed by atoms with Gasteiger partial charge in [-0.15, -0.1) is 5.10 Å². The highest BCUT2D eigenvalue weighted by Crippen LogP contribution is 2.15. The molecule has 0 unspecified atom stereocenters. The van der Waals surface area contributed by atoms with Crippen LogP contribution in [0.1, 0.15) is 10.4 Å². The van der Waals surface area contributed by atoms with Gasteiger partial charge in [-0.1, -0.05) is 30.0 Å². The first-order chi connectivity index (χ1) is 12.6. The first-order valence-electron chi connectivity index (χ1n) is 7.88. The number of rotatable bonds is 5. The topological polar surface area (TPSA) is 80.1 Å². The zero-order valence-corrected chi connectivity index (χ0v) is 14.2. The summed E-state index contributed by atoms with van der Waals surface area (Å²) in [6, 6.07) is 16.1. The van der Waals surface area contributed by atoms with Crippen molar-refractivity contribution in [2.75, 3.05) is 17.3 Å². The molecule has 3 aromatic rings. The number of nitrogens with zero attached hydrogens (tertiary/aromatic N) is 4. The molecule has 1 N–H and O–H groups in total. The Balaban J connectivity index is 1.70. The van der Waals surface area contributed by atoms with Gasteiger partial charge in [-0.05, 0) is 42.5 Å². The van der Waals surface area contributed by atoms with E-state index < -0.39 is 0 Å². The van der Waals surface area contributed by atoms with E-state index in [1.807, 2.05) is 30.3 Å². The molecule has 0 aliphatic rings. The van der Waals surface area contributed by atoms with Crippen LogP contribution in [0, 0.1) is 0 Å². The van der Waals surface area contributed by atoms with Crippen molar-refractivity contribution < 1.29 is 9.59 Å². The van der Waals surface area contributed by atoms with Crippen molar-refractivity contribution >= 4 is 23.3 Å². The second-order valence-corrected chi connectivity index (χ2v) is 5.49. The van der Waals surface area contributed by atoms with Gasteiger partial charge in [0.15, 0.2) is 5.82 Å². The predicted molar refractivity (Wildman–Crippen MR) is 99.4 cm³/mol. The minimum absolute atomic E-state index is 0.222. The minimum atomic E-state index is -0.311. The highest BCUT2D eigenvalue weighted by atomic mass is 16.2. The third kappa shape index (κ3) is 3.67. The summed E-state index contributed by atoms with van der Waals surface area (Å²) < 4.78 is 1.58. The number of carbonyl (C=O) groups excluding carboxylic acids is 2. The number of likely N-dealkylation sites (N-methyl/N-ethyl adjacent to an activating group) is 1. The van der Waals surface area contributed by atoms with Crippen molar-refractivity contribution in [3.63, 3.8) is 0 Å². The zero-order chi connectivity index (χ0) is 18.5. The van der Waals surface area contributed by atoms with E-state index in [2.05, 4.69) is 22.2 Å². The number of nitrogens with one attached hydrogen (secondary N) is 1. The molecule has 0 saturated carbocycles. The summed E-state index contributed by atoms with van der Waals surface area (Å²) in [5.41, 5.74) is 1.96. The summed E-state index contributed by atoms with van der Waals surface area (Å²) in [4.78, 5) is 25.4. The quantitative estimate of drug-likeness (QED) is 0.720. The Morgan fingerprint density at radius 3 is 2.46 bits per heavy atom. The molecule has 130 valence electrons. The summed E-state index contributed by atoms with van der Waals surface area (Å²) in [6.07, 6.45) is 2.87. The summed E-state index contributed by atoms with van der Waals surface area (Å²) in [6.45, 7) is 3.45. The maximum absolute atomic E-state index is 12.3. The lowest BCUT2D eigenvalue weighted by molar-refractivity contribution is -0.113. The fourth-order valence-electron chi connectivity index (χ4n) is 2.32. The molecule has 0 aliphatic carbocycles. The molecule has 26 heavy (non-hydrogen) atoms. The number of carbonyl (C=O) groups is 2. The van der Waals surface area contributed by atoms with Crippen LogP contribution in [0.5, 0.6) is 0 Å². The Hall–Kier alpha value is -3.74. The Morgan fingerprint density at radius 1 is 1.12 bits per heavy atom. The van der Waals surface area contributed by atoms with Gasteiger partial charge in [0.25, 0.3) is 5.91 Å². The van der Waals surface area contributed by atoms with E-state index >= 15 is 0 Å². The number of aromatic nitrogens is 3. The number of hydrogen-bond acceptors (Lipinski definition) is 4. The number of benzene rings is 2. The first-order valence-corrected chi connectivity index (χ1v) is 7.88. The fraction of sp³-hybridized carbons (Fsp3) is 0.0526. The highest BCUT2D eigenvalue weighted by Gasteiger charge is 2.11. The monoisotopic (exact) mass is 347 g/mol.